The molecular weight excluding hydrogens is 462 g/mol. The summed E-state index contributed by atoms with van der Waals surface area (Å²) in [6, 6.07) is 7.87. The number of anilines is 3. The van der Waals surface area contributed by atoms with Gasteiger partial charge in [0.2, 0.25) is 5.95 Å². The van der Waals surface area contributed by atoms with Gasteiger partial charge in [-0.05, 0) is 53.0 Å². The number of hydrogen-bond donors (Lipinski definition) is 2. The van der Waals surface area contributed by atoms with Crippen LogP contribution in [0.25, 0.3) is 5.65 Å². The van der Waals surface area contributed by atoms with Gasteiger partial charge in [-0.2, -0.15) is 9.50 Å². The highest BCUT2D eigenvalue weighted by molar-refractivity contribution is 9.10. The zero-order valence-corrected chi connectivity index (χ0v) is 18.6. The fourth-order valence-electron chi connectivity index (χ4n) is 4.04. The highest BCUT2D eigenvalue weighted by Gasteiger charge is 2.19. The average Bonchev–Trinajstić information content (AvgIpc) is 3.46. The molecule has 9 nitrogen and oxygen atoms in total. The number of hydrogen-bond acceptors (Lipinski definition) is 7. The van der Waals surface area contributed by atoms with Crippen LogP contribution in [0.5, 0.6) is 0 Å². The van der Waals surface area contributed by atoms with Crippen LogP contribution in [0.4, 0.5) is 17.6 Å². The number of nitrogens with one attached hydrogen (secondary N) is 2. The Hall–Kier alpha value is -2.72. The summed E-state index contributed by atoms with van der Waals surface area (Å²) in [5.41, 5.74) is 1.13. The first-order valence-electron chi connectivity index (χ1n) is 10.6. The molecule has 1 amide bonds. The lowest BCUT2D eigenvalue weighted by Gasteiger charge is -2.27. The van der Waals surface area contributed by atoms with E-state index < -0.39 is 0 Å². The Balaban J connectivity index is 1.32. The molecule has 0 aromatic carbocycles. The molecule has 0 radical (unpaired) electrons. The number of carbonyl (C=O) groups excluding carboxylic acids is 1. The van der Waals surface area contributed by atoms with Crippen LogP contribution in [0.1, 0.15) is 36.0 Å². The van der Waals surface area contributed by atoms with Gasteiger partial charge < -0.3 is 15.0 Å². The number of ether oxygens (including phenoxy) is 1. The molecule has 162 valence electrons. The third-order valence-electron chi connectivity index (χ3n) is 5.72. The van der Waals surface area contributed by atoms with Crippen LogP contribution in [0.15, 0.2) is 34.9 Å². The Bertz CT molecular complexity index is 1070. The summed E-state index contributed by atoms with van der Waals surface area (Å²) in [7, 11) is 0. The molecule has 3 aromatic heterocycles. The second-order valence-electron chi connectivity index (χ2n) is 7.82. The number of halogens is 1. The van der Waals surface area contributed by atoms with Crippen molar-refractivity contribution in [3.63, 3.8) is 0 Å². The Kier molecular flexibility index (Phi) is 5.73. The van der Waals surface area contributed by atoms with Crippen molar-refractivity contribution in [2.75, 3.05) is 41.8 Å². The topological polar surface area (TPSA) is 96.7 Å². The summed E-state index contributed by atoms with van der Waals surface area (Å²) < 4.78 is 8.02. The Labute approximate surface area is 188 Å². The van der Waals surface area contributed by atoms with Gasteiger partial charge in [-0.3, -0.25) is 10.1 Å². The van der Waals surface area contributed by atoms with Crippen LogP contribution in [0.3, 0.4) is 0 Å². The molecule has 0 unspecified atom stereocenters. The molecule has 1 saturated heterocycles. The summed E-state index contributed by atoms with van der Waals surface area (Å²) in [5, 5.41) is 10.9. The number of aromatic nitrogens is 4. The van der Waals surface area contributed by atoms with Crippen LogP contribution in [-0.2, 0) is 4.74 Å². The second kappa shape index (κ2) is 8.80. The highest BCUT2D eigenvalue weighted by atomic mass is 79.9. The maximum Gasteiger partial charge on any atom is 0.259 e. The van der Waals surface area contributed by atoms with Crippen molar-refractivity contribution in [1.29, 1.82) is 0 Å². The van der Waals surface area contributed by atoms with Crippen LogP contribution in [0.2, 0.25) is 0 Å². The van der Waals surface area contributed by atoms with Crippen molar-refractivity contribution >= 4 is 45.1 Å². The van der Waals surface area contributed by atoms with E-state index in [9.17, 15) is 4.79 Å². The van der Waals surface area contributed by atoms with Crippen LogP contribution >= 0.6 is 15.9 Å². The number of nitrogens with zero attached hydrogens (tertiary/aromatic N) is 5. The summed E-state index contributed by atoms with van der Waals surface area (Å²) >= 11 is 3.60. The van der Waals surface area contributed by atoms with Gasteiger partial charge in [-0.1, -0.05) is 12.8 Å². The van der Waals surface area contributed by atoms with Gasteiger partial charge in [0, 0.05) is 25.3 Å². The highest BCUT2D eigenvalue weighted by Crippen LogP contribution is 2.28. The lowest BCUT2D eigenvalue weighted by atomic mass is 10.2. The van der Waals surface area contributed by atoms with E-state index in [2.05, 4.69) is 46.5 Å². The summed E-state index contributed by atoms with van der Waals surface area (Å²) in [4.78, 5) is 23.8. The molecule has 0 atom stereocenters. The minimum absolute atomic E-state index is 0.259. The van der Waals surface area contributed by atoms with Gasteiger partial charge >= 0.3 is 0 Å². The summed E-state index contributed by atoms with van der Waals surface area (Å²) in [6.45, 7) is 2.99. The van der Waals surface area contributed by atoms with Crippen molar-refractivity contribution in [3.8, 4) is 0 Å². The fourth-order valence-corrected chi connectivity index (χ4v) is 4.46. The first-order chi connectivity index (χ1) is 15.2. The first kappa shape index (κ1) is 20.2. The van der Waals surface area contributed by atoms with Crippen LogP contribution < -0.4 is 15.5 Å². The van der Waals surface area contributed by atoms with Crippen molar-refractivity contribution in [3.05, 3.63) is 40.5 Å². The lowest BCUT2D eigenvalue weighted by molar-refractivity contribution is 0.102. The molecular formula is C21H24BrN7O2. The van der Waals surface area contributed by atoms with E-state index in [1.807, 2.05) is 18.2 Å². The van der Waals surface area contributed by atoms with Gasteiger partial charge in [0.25, 0.3) is 5.91 Å². The number of rotatable bonds is 5. The largest absolute Gasteiger partial charge is 0.378 e. The van der Waals surface area contributed by atoms with E-state index >= 15 is 0 Å². The van der Waals surface area contributed by atoms with E-state index in [0.717, 1.165) is 42.0 Å². The molecule has 31 heavy (non-hydrogen) atoms. The minimum atomic E-state index is -0.290. The maximum absolute atomic E-state index is 12.7. The third kappa shape index (κ3) is 4.35. The monoisotopic (exact) mass is 485 g/mol. The van der Waals surface area contributed by atoms with Gasteiger partial charge in [-0.25, -0.2) is 4.98 Å². The number of fused-ring (bicyclic) bond motifs is 1. The SMILES string of the molecule is O=C(Nc1nc2ccc(Br)c(NC3CCCC3)n2n1)c1ccc(N2CCOCC2)nc1. The average molecular weight is 486 g/mol. The van der Waals surface area contributed by atoms with E-state index in [1.54, 1.807) is 16.8 Å². The molecule has 2 N–H and O–H groups in total. The minimum Gasteiger partial charge on any atom is -0.378 e. The molecule has 1 aliphatic carbocycles. The number of carbonyl (C=O) groups is 1. The molecule has 4 heterocycles. The van der Waals surface area contributed by atoms with E-state index in [0.29, 0.717) is 30.5 Å². The standard InChI is InChI=1S/C21H24BrN7O2/c22-16-6-8-18-25-21(27-29(18)19(16)24-15-3-1-2-4-15)26-20(30)14-5-7-17(23-13-14)28-9-11-31-12-10-28/h5-8,13,15,24H,1-4,9-12H2,(H,26,27,30). The maximum atomic E-state index is 12.7. The molecule has 0 spiro atoms. The van der Waals surface area contributed by atoms with Crippen molar-refractivity contribution in [1.82, 2.24) is 19.6 Å². The zero-order chi connectivity index (χ0) is 21.2. The van der Waals surface area contributed by atoms with Gasteiger partial charge in [0.1, 0.15) is 11.6 Å². The normalized spacial score (nSPS) is 17.3. The molecule has 10 heteroatoms. The summed E-state index contributed by atoms with van der Waals surface area (Å²) in [6.07, 6.45) is 6.35. The van der Waals surface area contributed by atoms with Crippen molar-refractivity contribution in [2.45, 2.75) is 31.7 Å². The van der Waals surface area contributed by atoms with Crippen molar-refractivity contribution in [2.24, 2.45) is 0 Å². The van der Waals surface area contributed by atoms with E-state index in [-0.39, 0.29) is 11.9 Å². The molecule has 2 aliphatic rings. The number of pyridine rings is 2. The lowest BCUT2D eigenvalue weighted by Crippen LogP contribution is -2.36. The molecule has 1 saturated carbocycles. The molecule has 2 fully saturated rings. The predicted molar refractivity (Wildman–Crippen MR) is 122 cm³/mol. The quantitative estimate of drug-likeness (QED) is 0.571. The fraction of sp³-hybridized carbons (Fsp3) is 0.429. The number of morpholine rings is 1. The third-order valence-corrected chi connectivity index (χ3v) is 6.36. The Morgan fingerprint density at radius 3 is 2.68 bits per heavy atom. The van der Waals surface area contributed by atoms with Crippen LogP contribution in [-0.4, -0.2) is 57.8 Å². The zero-order valence-electron chi connectivity index (χ0n) is 17.1. The van der Waals surface area contributed by atoms with Gasteiger partial charge in [0.05, 0.1) is 23.2 Å². The summed E-state index contributed by atoms with van der Waals surface area (Å²) in [5.74, 6) is 1.67. The molecule has 5 rings (SSSR count). The second-order valence-corrected chi connectivity index (χ2v) is 8.67. The number of amides is 1. The Morgan fingerprint density at radius 1 is 1.13 bits per heavy atom. The van der Waals surface area contributed by atoms with Crippen molar-refractivity contribution < 1.29 is 9.53 Å². The predicted octanol–water partition coefficient (Wildman–Crippen LogP) is 3.33. The molecule has 1 aliphatic heterocycles. The van der Waals surface area contributed by atoms with Gasteiger partial charge in [0.15, 0.2) is 5.65 Å². The Morgan fingerprint density at radius 2 is 1.94 bits per heavy atom. The molecule has 0 bridgehead atoms. The first-order valence-corrected chi connectivity index (χ1v) is 11.4. The smallest absolute Gasteiger partial charge is 0.259 e. The van der Waals surface area contributed by atoms with Crippen LogP contribution in [0, 0.1) is 0 Å². The van der Waals surface area contributed by atoms with E-state index in [1.165, 1.54) is 12.8 Å². The van der Waals surface area contributed by atoms with E-state index in [4.69, 9.17) is 4.74 Å². The molecule has 3 aromatic rings. The van der Waals surface area contributed by atoms with Gasteiger partial charge in [-0.15, -0.1) is 5.10 Å².